The van der Waals surface area contributed by atoms with Crippen molar-refractivity contribution < 1.29 is 0 Å². The quantitative estimate of drug-likeness (QED) is 0.200. The maximum atomic E-state index is 7.06. The first-order valence-corrected chi connectivity index (χ1v) is 11.4. The zero-order chi connectivity index (χ0) is 22.2. The summed E-state index contributed by atoms with van der Waals surface area (Å²) >= 11 is 0. The van der Waals surface area contributed by atoms with Gasteiger partial charge in [0.1, 0.15) is 0 Å². The Morgan fingerprint density at radius 1 is 0.500 bits per heavy atom. The molecular formula is C31H29N. The molecule has 4 aromatic rings. The van der Waals surface area contributed by atoms with E-state index in [1.165, 1.54) is 52.6 Å². The van der Waals surface area contributed by atoms with Crippen LogP contribution in [0.4, 0.5) is 5.69 Å². The zero-order valence-electron chi connectivity index (χ0n) is 18.7. The van der Waals surface area contributed by atoms with Gasteiger partial charge in [-0.3, -0.25) is 0 Å². The number of hydrogen-bond acceptors (Lipinski definition) is 0. The lowest BCUT2D eigenvalue weighted by Gasteiger charge is -2.07. The molecule has 0 heterocycles. The molecule has 0 aliphatic carbocycles. The van der Waals surface area contributed by atoms with Crippen molar-refractivity contribution in [2.24, 2.45) is 0 Å². The van der Waals surface area contributed by atoms with E-state index >= 15 is 0 Å². The Morgan fingerprint density at radius 2 is 0.875 bits per heavy atom. The van der Waals surface area contributed by atoms with Crippen molar-refractivity contribution in [3.63, 3.8) is 0 Å². The first-order valence-electron chi connectivity index (χ1n) is 11.4. The molecule has 0 spiro atoms. The lowest BCUT2D eigenvalue weighted by molar-refractivity contribution is 0.678. The van der Waals surface area contributed by atoms with E-state index in [0.29, 0.717) is 5.69 Å². The van der Waals surface area contributed by atoms with Gasteiger partial charge in [-0.05, 0) is 66.0 Å². The second-order valence-corrected chi connectivity index (χ2v) is 8.48. The third-order valence-electron chi connectivity index (χ3n) is 6.05. The van der Waals surface area contributed by atoms with Crippen LogP contribution in [0, 0.1) is 13.5 Å². The SMILES string of the molecule is [C-]#[N+]c1ccc(-c2ccc(CCCCCc3ccc(-c4ccc(C)cc4)cc3)cc2)cc1. The predicted octanol–water partition coefficient (Wildman–Crippen LogP) is 8.84. The first-order chi connectivity index (χ1) is 15.7. The topological polar surface area (TPSA) is 4.36 Å². The lowest BCUT2D eigenvalue weighted by Crippen LogP contribution is -1.89. The number of hydrogen-bond donors (Lipinski definition) is 0. The Bertz CT molecular complexity index is 1160. The third-order valence-corrected chi connectivity index (χ3v) is 6.05. The Labute approximate surface area is 192 Å². The molecule has 0 fully saturated rings. The van der Waals surface area contributed by atoms with Gasteiger partial charge in [-0.25, -0.2) is 4.85 Å². The number of nitrogens with zero attached hydrogens (tertiary/aromatic N) is 1. The fourth-order valence-electron chi connectivity index (χ4n) is 4.04. The number of aryl methyl sites for hydroxylation is 3. The summed E-state index contributed by atoms with van der Waals surface area (Å²) in [6.07, 6.45) is 5.98. The summed E-state index contributed by atoms with van der Waals surface area (Å²) in [5, 5.41) is 0. The van der Waals surface area contributed by atoms with Crippen LogP contribution in [0.3, 0.4) is 0 Å². The Balaban J connectivity index is 1.20. The van der Waals surface area contributed by atoms with Gasteiger partial charge in [0.05, 0.1) is 6.57 Å². The van der Waals surface area contributed by atoms with Crippen LogP contribution in [-0.2, 0) is 12.8 Å². The van der Waals surface area contributed by atoms with Crippen molar-refractivity contribution in [3.05, 3.63) is 125 Å². The van der Waals surface area contributed by atoms with E-state index in [9.17, 15) is 0 Å². The van der Waals surface area contributed by atoms with Crippen LogP contribution < -0.4 is 0 Å². The first kappa shape index (κ1) is 21.6. The van der Waals surface area contributed by atoms with Crippen LogP contribution in [0.2, 0.25) is 0 Å². The van der Waals surface area contributed by atoms with Gasteiger partial charge in [0, 0.05) is 0 Å². The van der Waals surface area contributed by atoms with E-state index in [2.05, 4.69) is 84.6 Å². The normalized spacial score (nSPS) is 10.6. The highest BCUT2D eigenvalue weighted by molar-refractivity contribution is 5.66. The van der Waals surface area contributed by atoms with E-state index in [-0.39, 0.29) is 0 Å². The summed E-state index contributed by atoms with van der Waals surface area (Å²) in [4.78, 5) is 3.46. The largest absolute Gasteiger partial charge is 0.238 e. The Kier molecular flexibility index (Phi) is 7.15. The van der Waals surface area contributed by atoms with Gasteiger partial charge >= 0.3 is 0 Å². The van der Waals surface area contributed by atoms with Crippen LogP contribution in [0.5, 0.6) is 0 Å². The van der Waals surface area contributed by atoms with Gasteiger partial charge in [0.15, 0.2) is 5.69 Å². The number of rotatable bonds is 8. The molecule has 0 aliphatic rings. The molecule has 32 heavy (non-hydrogen) atoms. The fraction of sp³-hybridized carbons (Fsp3) is 0.194. The van der Waals surface area contributed by atoms with Gasteiger partial charge in [-0.2, -0.15) is 0 Å². The van der Waals surface area contributed by atoms with Crippen molar-refractivity contribution in [3.8, 4) is 22.3 Å². The summed E-state index contributed by atoms with van der Waals surface area (Å²) < 4.78 is 0. The summed E-state index contributed by atoms with van der Waals surface area (Å²) in [6.45, 7) is 9.19. The molecule has 0 aliphatic heterocycles. The molecular weight excluding hydrogens is 386 g/mol. The zero-order valence-corrected chi connectivity index (χ0v) is 18.7. The van der Waals surface area contributed by atoms with Gasteiger partial charge in [0.25, 0.3) is 0 Å². The second kappa shape index (κ2) is 10.6. The molecule has 0 bridgehead atoms. The van der Waals surface area contributed by atoms with Gasteiger partial charge in [0.2, 0.25) is 0 Å². The van der Waals surface area contributed by atoms with Crippen molar-refractivity contribution in [1.29, 1.82) is 0 Å². The fourth-order valence-corrected chi connectivity index (χ4v) is 4.04. The van der Waals surface area contributed by atoms with Gasteiger partial charge in [-0.15, -0.1) is 0 Å². The van der Waals surface area contributed by atoms with E-state index in [4.69, 9.17) is 6.57 Å². The molecule has 0 saturated carbocycles. The van der Waals surface area contributed by atoms with E-state index < -0.39 is 0 Å². The van der Waals surface area contributed by atoms with Crippen molar-refractivity contribution >= 4 is 5.69 Å². The third kappa shape index (κ3) is 5.74. The van der Waals surface area contributed by atoms with E-state index in [0.717, 1.165) is 18.4 Å². The van der Waals surface area contributed by atoms with E-state index in [1.807, 2.05) is 24.3 Å². The molecule has 0 radical (unpaired) electrons. The Morgan fingerprint density at radius 3 is 1.28 bits per heavy atom. The van der Waals surface area contributed by atoms with Crippen LogP contribution in [0.15, 0.2) is 97.1 Å². The summed E-state index contributed by atoms with van der Waals surface area (Å²) in [6, 6.07) is 34.5. The molecule has 0 N–H and O–H groups in total. The number of unbranched alkanes of at least 4 members (excludes halogenated alkanes) is 2. The van der Waals surface area contributed by atoms with Crippen LogP contribution >= 0.6 is 0 Å². The monoisotopic (exact) mass is 415 g/mol. The van der Waals surface area contributed by atoms with Gasteiger partial charge < -0.3 is 0 Å². The standard InChI is InChI=1S/C31H29N/c1-24-8-14-27(15-9-24)28-16-10-25(11-17-28)6-4-3-5-7-26-12-18-29(19-13-26)30-20-22-31(32-2)23-21-30/h8-23H,3-7H2,1H3. The summed E-state index contributed by atoms with van der Waals surface area (Å²) in [5.74, 6) is 0. The molecule has 4 aromatic carbocycles. The maximum Gasteiger partial charge on any atom is 0.187 e. The molecule has 0 aromatic heterocycles. The molecule has 4 rings (SSSR count). The Hall–Kier alpha value is -3.63. The molecule has 0 atom stereocenters. The highest BCUT2D eigenvalue weighted by atomic mass is 14.6. The molecule has 0 amide bonds. The molecule has 158 valence electrons. The predicted molar refractivity (Wildman–Crippen MR) is 136 cm³/mol. The molecule has 0 unspecified atom stereocenters. The van der Waals surface area contributed by atoms with Crippen molar-refractivity contribution in [1.82, 2.24) is 0 Å². The smallest absolute Gasteiger partial charge is 0.187 e. The van der Waals surface area contributed by atoms with Crippen LogP contribution in [0.1, 0.15) is 36.0 Å². The molecule has 0 saturated heterocycles. The minimum absolute atomic E-state index is 0.688. The lowest BCUT2D eigenvalue weighted by atomic mass is 9.99. The average Bonchev–Trinajstić information content (AvgIpc) is 2.85. The van der Waals surface area contributed by atoms with Gasteiger partial charge in [-0.1, -0.05) is 109 Å². The molecule has 1 heteroatoms. The van der Waals surface area contributed by atoms with E-state index in [1.54, 1.807) is 0 Å². The summed E-state index contributed by atoms with van der Waals surface area (Å²) in [7, 11) is 0. The maximum absolute atomic E-state index is 7.06. The van der Waals surface area contributed by atoms with Crippen LogP contribution in [-0.4, -0.2) is 0 Å². The van der Waals surface area contributed by atoms with Crippen molar-refractivity contribution in [2.75, 3.05) is 0 Å². The minimum atomic E-state index is 0.688. The highest BCUT2D eigenvalue weighted by Crippen LogP contribution is 2.24. The molecule has 1 nitrogen and oxygen atoms in total. The summed E-state index contributed by atoms with van der Waals surface area (Å²) in [5.41, 5.74) is 9.76. The average molecular weight is 416 g/mol. The van der Waals surface area contributed by atoms with Crippen LogP contribution in [0.25, 0.3) is 27.1 Å². The minimum Gasteiger partial charge on any atom is -0.238 e. The highest BCUT2D eigenvalue weighted by Gasteiger charge is 2.01. The van der Waals surface area contributed by atoms with Crippen molar-refractivity contribution in [2.45, 2.75) is 39.0 Å². The number of benzene rings is 4. The second-order valence-electron chi connectivity index (χ2n) is 8.48.